The number of aromatic nitrogens is 1. The molecule has 0 unspecified atom stereocenters. The van der Waals surface area contributed by atoms with Crippen LogP contribution in [0.4, 0.5) is 5.13 Å². The lowest BCUT2D eigenvalue weighted by Crippen LogP contribution is -1.94. The number of rotatable bonds is 4. The highest BCUT2D eigenvalue weighted by atomic mass is 32.1. The largest absolute Gasteiger partial charge is 0.365 e. The van der Waals surface area contributed by atoms with Gasteiger partial charge in [0.05, 0.1) is 5.69 Å². The second kappa shape index (κ2) is 4.61. The Bertz CT molecular complexity index is 266. The number of aryl methyl sites for hydroxylation is 2. The standard InChI is InChI=1S/C10H18N2S/c1-7(2)5-6-9-8(3)13-10(11-4)12-9/h7H,5-6H2,1-4H3,(H,11,12). The molecule has 1 N–H and O–H groups in total. The average molecular weight is 198 g/mol. The van der Waals surface area contributed by atoms with Crippen molar-refractivity contribution in [3.8, 4) is 0 Å². The van der Waals surface area contributed by atoms with Crippen molar-refractivity contribution in [1.29, 1.82) is 0 Å². The van der Waals surface area contributed by atoms with E-state index < -0.39 is 0 Å². The first-order valence-corrected chi connectivity index (χ1v) is 5.59. The van der Waals surface area contributed by atoms with Gasteiger partial charge in [0.25, 0.3) is 0 Å². The van der Waals surface area contributed by atoms with Gasteiger partial charge in [0, 0.05) is 11.9 Å². The molecule has 1 aromatic heterocycles. The summed E-state index contributed by atoms with van der Waals surface area (Å²) in [5.41, 5.74) is 1.27. The molecule has 1 aromatic rings. The fraction of sp³-hybridized carbons (Fsp3) is 0.700. The van der Waals surface area contributed by atoms with E-state index in [2.05, 4.69) is 31.1 Å². The van der Waals surface area contributed by atoms with E-state index >= 15 is 0 Å². The molecule has 0 aromatic carbocycles. The number of anilines is 1. The van der Waals surface area contributed by atoms with Crippen LogP contribution in [0.15, 0.2) is 0 Å². The van der Waals surface area contributed by atoms with E-state index in [-0.39, 0.29) is 0 Å². The number of nitrogens with zero attached hydrogens (tertiary/aromatic N) is 1. The predicted octanol–water partition coefficient (Wildman–Crippen LogP) is 3.08. The molecule has 0 bridgehead atoms. The summed E-state index contributed by atoms with van der Waals surface area (Å²) in [5.74, 6) is 0.763. The SMILES string of the molecule is CNc1nc(CCC(C)C)c(C)s1. The van der Waals surface area contributed by atoms with Crippen molar-refractivity contribution in [3.05, 3.63) is 10.6 Å². The van der Waals surface area contributed by atoms with Crippen molar-refractivity contribution in [1.82, 2.24) is 4.98 Å². The molecule has 0 saturated carbocycles. The summed E-state index contributed by atoms with van der Waals surface area (Å²) in [6.07, 6.45) is 2.34. The highest BCUT2D eigenvalue weighted by Crippen LogP contribution is 2.23. The normalized spacial score (nSPS) is 10.8. The molecule has 0 atom stereocenters. The maximum absolute atomic E-state index is 4.51. The highest BCUT2D eigenvalue weighted by molar-refractivity contribution is 7.15. The van der Waals surface area contributed by atoms with Crippen LogP contribution in [0.25, 0.3) is 0 Å². The molecule has 0 saturated heterocycles. The van der Waals surface area contributed by atoms with Crippen molar-refractivity contribution >= 4 is 16.5 Å². The zero-order valence-electron chi connectivity index (χ0n) is 8.85. The van der Waals surface area contributed by atoms with Crippen LogP contribution in [-0.4, -0.2) is 12.0 Å². The van der Waals surface area contributed by atoms with E-state index in [1.807, 2.05) is 7.05 Å². The molecule has 0 spiro atoms. The van der Waals surface area contributed by atoms with E-state index in [4.69, 9.17) is 0 Å². The van der Waals surface area contributed by atoms with Gasteiger partial charge in [-0.1, -0.05) is 13.8 Å². The lowest BCUT2D eigenvalue weighted by Gasteiger charge is -2.01. The van der Waals surface area contributed by atoms with E-state index in [0.717, 1.165) is 17.5 Å². The van der Waals surface area contributed by atoms with Gasteiger partial charge in [-0.25, -0.2) is 4.98 Å². The molecule has 0 aliphatic carbocycles. The van der Waals surface area contributed by atoms with E-state index in [9.17, 15) is 0 Å². The summed E-state index contributed by atoms with van der Waals surface area (Å²) in [5, 5.41) is 4.12. The first kappa shape index (κ1) is 10.5. The minimum atomic E-state index is 0.763. The van der Waals surface area contributed by atoms with Gasteiger partial charge in [-0.15, -0.1) is 11.3 Å². The molecular formula is C10H18N2S. The van der Waals surface area contributed by atoms with Gasteiger partial charge in [0.2, 0.25) is 0 Å². The zero-order valence-corrected chi connectivity index (χ0v) is 9.66. The maximum Gasteiger partial charge on any atom is 0.182 e. The topological polar surface area (TPSA) is 24.9 Å². The fourth-order valence-electron chi connectivity index (χ4n) is 1.19. The highest BCUT2D eigenvalue weighted by Gasteiger charge is 2.06. The summed E-state index contributed by atoms with van der Waals surface area (Å²) in [6.45, 7) is 6.65. The molecule has 1 rings (SSSR count). The molecular weight excluding hydrogens is 180 g/mol. The van der Waals surface area contributed by atoms with Crippen molar-refractivity contribution in [2.24, 2.45) is 5.92 Å². The third-order valence-corrected chi connectivity index (χ3v) is 3.10. The summed E-state index contributed by atoms with van der Waals surface area (Å²) in [7, 11) is 1.92. The van der Waals surface area contributed by atoms with Gasteiger partial charge in [-0.05, 0) is 25.7 Å². The minimum Gasteiger partial charge on any atom is -0.365 e. The van der Waals surface area contributed by atoms with Crippen LogP contribution in [0.1, 0.15) is 30.8 Å². The summed E-state index contributed by atoms with van der Waals surface area (Å²) < 4.78 is 0. The Morgan fingerprint density at radius 1 is 1.46 bits per heavy atom. The molecule has 0 aliphatic heterocycles. The number of hydrogen-bond acceptors (Lipinski definition) is 3. The van der Waals surface area contributed by atoms with Crippen molar-refractivity contribution in [2.75, 3.05) is 12.4 Å². The minimum absolute atomic E-state index is 0.763. The van der Waals surface area contributed by atoms with Crippen LogP contribution < -0.4 is 5.32 Å². The number of thiazole rings is 1. The summed E-state index contributed by atoms with van der Waals surface area (Å²) >= 11 is 1.74. The smallest absolute Gasteiger partial charge is 0.182 e. The molecule has 0 amide bonds. The Kier molecular flexibility index (Phi) is 3.72. The third kappa shape index (κ3) is 2.99. The molecule has 3 heteroatoms. The number of hydrogen-bond donors (Lipinski definition) is 1. The first-order valence-electron chi connectivity index (χ1n) is 4.77. The van der Waals surface area contributed by atoms with Crippen molar-refractivity contribution in [2.45, 2.75) is 33.6 Å². The van der Waals surface area contributed by atoms with E-state index in [0.29, 0.717) is 0 Å². The summed E-state index contributed by atoms with van der Waals surface area (Å²) in [4.78, 5) is 5.86. The molecule has 0 radical (unpaired) electrons. The van der Waals surface area contributed by atoms with E-state index in [1.165, 1.54) is 17.0 Å². The zero-order chi connectivity index (χ0) is 9.84. The van der Waals surface area contributed by atoms with E-state index in [1.54, 1.807) is 11.3 Å². The quantitative estimate of drug-likeness (QED) is 0.804. The van der Waals surface area contributed by atoms with Gasteiger partial charge < -0.3 is 5.32 Å². The Hall–Kier alpha value is -0.570. The van der Waals surface area contributed by atoms with Crippen LogP contribution >= 0.6 is 11.3 Å². The maximum atomic E-state index is 4.51. The van der Waals surface area contributed by atoms with Crippen molar-refractivity contribution < 1.29 is 0 Å². The van der Waals surface area contributed by atoms with Gasteiger partial charge in [0.15, 0.2) is 5.13 Å². The molecule has 0 aliphatic rings. The lowest BCUT2D eigenvalue weighted by molar-refractivity contribution is 0.581. The Morgan fingerprint density at radius 3 is 2.62 bits per heavy atom. The van der Waals surface area contributed by atoms with Crippen LogP contribution in [0, 0.1) is 12.8 Å². The van der Waals surface area contributed by atoms with Crippen LogP contribution in [0.2, 0.25) is 0 Å². The van der Waals surface area contributed by atoms with Gasteiger partial charge in [0.1, 0.15) is 0 Å². The second-order valence-electron chi connectivity index (χ2n) is 3.70. The van der Waals surface area contributed by atoms with Crippen molar-refractivity contribution in [3.63, 3.8) is 0 Å². The molecule has 2 nitrogen and oxygen atoms in total. The molecule has 0 fully saturated rings. The van der Waals surface area contributed by atoms with Crippen LogP contribution in [0.5, 0.6) is 0 Å². The molecule has 13 heavy (non-hydrogen) atoms. The van der Waals surface area contributed by atoms with Crippen LogP contribution in [0.3, 0.4) is 0 Å². The Morgan fingerprint density at radius 2 is 2.15 bits per heavy atom. The summed E-state index contributed by atoms with van der Waals surface area (Å²) in [6, 6.07) is 0. The monoisotopic (exact) mass is 198 g/mol. The predicted molar refractivity (Wildman–Crippen MR) is 59.6 cm³/mol. The van der Waals surface area contributed by atoms with Gasteiger partial charge in [-0.3, -0.25) is 0 Å². The van der Waals surface area contributed by atoms with Gasteiger partial charge in [-0.2, -0.15) is 0 Å². The Balaban J connectivity index is 2.60. The Labute approximate surface area is 84.4 Å². The van der Waals surface area contributed by atoms with Gasteiger partial charge >= 0.3 is 0 Å². The third-order valence-electron chi connectivity index (χ3n) is 2.07. The fourth-order valence-corrected chi connectivity index (χ4v) is 2.01. The lowest BCUT2D eigenvalue weighted by atomic mass is 10.1. The second-order valence-corrected chi connectivity index (χ2v) is 4.91. The average Bonchev–Trinajstić information content (AvgIpc) is 2.43. The molecule has 1 heterocycles. The number of nitrogens with one attached hydrogen (secondary N) is 1. The molecule has 74 valence electrons. The first-order chi connectivity index (χ1) is 6.13. The van der Waals surface area contributed by atoms with Crippen LogP contribution in [-0.2, 0) is 6.42 Å².